The average molecular weight is 515 g/mol. The molecule has 1 aromatic carbocycles. The van der Waals surface area contributed by atoms with Crippen LogP contribution in [0.4, 0.5) is 5.69 Å². The summed E-state index contributed by atoms with van der Waals surface area (Å²) in [6.07, 6.45) is 4.25. The van der Waals surface area contributed by atoms with Crippen LogP contribution in [-0.2, 0) is 16.1 Å². The quantitative estimate of drug-likeness (QED) is 0.266. The van der Waals surface area contributed by atoms with Crippen molar-refractivity contribution in [2.24, 2.45) is 10.9 Å². The molecule has 0 aromatic heterocycles. The third kappa shape index (κ3) is 9.47. The third-order valence-electron chi connectivity index (χ3n) is 4.53. The standard InChI is InChI=1S/C21H33N5O2.HI/c1-21(2,3)26-18(27)14-24-20(22-4)23-13-15-8-7-11-17(12-15)25-19(28)16-9-5-6-10-16;/h7-8,11-12,16H,5-6,9-10,13-14H2,1-4H3,(H,25,28)(H,26,27)(H2,22,23,24);1H. The first-order valence-electron chi connectivity index (χ1n) is 9.92. The van der Waals surface area contributed by atoms with E-state index in [1.54, 1.807) is 7.05 Å². The van der Waals surface area contributed by atoms with Crippen molar-refractivity contribution in [3.05, 3.63) is 29.8 Å². The van der Waals surface area contributed by atoms with Crippen molar-refractivity contribution in [2.75, 3.05) is 18.9 Å². The predicted octanol–water partition coefficient (Wildman–Crippen LogP) is 3.01. The topological polar surface area (TPSA) is 94.6 Å². The van der Waals surface area contributed by atoms with Gasteiger partial charge in [0.2, 0.25) is 11.8 Å². The van der Waals surface area contributed by atoms with Crippen LogP contribution >= 0.6 is 24.0 Å². The predicted molar refractivity (Wildman–Crippen MR) is 129 cm³/mol. The Balaban J connectivity index is 0.00000420. The van der Waals surface area contributed by atoms with Crippen molar-refractivity contribution in [1.82, 2.24) is 16.0 Å². The highest BCUT2D eigenvalue weighted by Gasteiger charge is 2.22. The number of anilines is 1. The second kappa shape index (κ2) is 12.0. The Bertz CT molecular complexity index is 709. The first-order chi connectivity index (χ1) is 13.3. The highest BCUT2D eigenvalue weighted by Crippen LogP contribution is 2.26. The van der Waals surface area contributed by atoms with Crippen LogP contribution in [-0.4, -0.2) is 36.9 Å². The molecule has 1 aliphatic carbocycles. The van der Waals surface area contributed by atoms with Gasteiger partial charge in [0.1, 0.15) is 0 Å². The second-order valence-electron chi connectivity index (χ2n) is 8.25. The number of benzene rings is 1. The number of hydrogen-bond acceptors (Lipinski definition) is 3. The largest absolute Gasteiger partial charge is 0.352 e. The van der Waals surface area contributed by atoms with E-state index in [9.17, 15) is 9.59 Å². The molecule has 0 bridgehead atoms. The van der Waals surface area contributed by atoms with Gasteiger partial charge in [-0.05, 0) is 51.3 Å². The molecule has 29 heavy (non-hydrogen) atoms. The van der Waals surface area contributed by atoms with E-state index in [2.05, 4.69) is 26.3 Å². The number of nitrogens with zero attached hydrogens (tertiary/aromatic N) is 1. The van der Waals surface area contributed by atoms with E-state index in [4.69, 9.17) is 0 Å². The van der Waals surface area contributed by atoms with E-state index >= 15 is 0 Å². The molecule has 0 atom stereocenters. The molecular formula is C21H34IN5O2. The summed E-state index contributed by atoms with van der Waals surface area (Å²) in [5, 5.41) is 12.1. The second-order valence-corrected chi connectivity index (χ2v) is 8.25. The molecule has 1 aliphatic rings. The molecule has 0 heterocycles. The molecule has 0 radical (unpaired) electrons. The Kier molecular flexibility index (Phi) is 10.4. The van der Waals surface area contributed by atoms with Gasteiger partial charge in [-0.2, -0.15) is 0 Å². The van der Waals surface area contributed by atoms with Gasteiger partial charge in [-0.15, -0.1) is 24.0 Å². The average Bonchev–Trinajstić information content (AvgIpc) is 3.15. The van der Waals surface area contributed by atoms with E-state index < -0.39 is 0 Å². The molecule has 1 saturated carbocycles. The molecule has 0 saturated heterocycles. The number of guanidine groups is 1. The summed E-state index contributed by atoms with van der Waals surface area (Å²) in [5.41, 5.74) is 1.56. The monoisotopic (exact) mass is 515 g/mol. The van der Waals surface area contributed by atoms with Crippen LogP contribution in [0.2, 0.25) is 0 Å². The van der Waals surface area contributed by atoms with Gasteiger partial charge >= 0.3 is 0 Å². The number of hydrogen-bond donors (Lipinski definition) is 4. The molecule has 1 fully saturated rings. The van der Waals surface area contributed by atoms with Crippen molar-refractivity contribution in [3.8, 4) is 0 Å². The zero-order chi connectivity index (χ0) is 20.6. The van der Waals surface area contributed by atoms with Crippen molar-refractivity contribution in [2.45, 2.75) is 58.5 Å². The summed E-state index contributed by atoms with van der Waals surface area (Å²) in [5.74, 6) is 0.713. The summed E-state index contributed by atoms with van der Waals surface area (Å²) in [7, 11) is 1.66. The minimum absolute atomic E-state index is 0. The maximum atomic E-state index is 12.3. The first-order valence-corrected chi connectivity index (χ1v) is 9.92. The fourth-order valence-electron chi connectivity index (χ4n) is 3.22. The number of aliphatic imine (C=N–C) groups is 1. The van der Waals surface area contributed by atoms with Crippen LogP contribution in [0.1, 0.15) is 52.0 Å². The normalized spacial score (nSPS) is 14.7. The van der Waals surface area contributed by atoms with E-state index in [0.29, 0.717) is 12.5 Å². The third-order valence-corrected chi connectivity index (χ3v) is 4.53. The van der Waals surface area contributed by atoms with Crippen molar-refractivity contribution >= 4 is 47.4 Å². The van der Waals surface area contributed by atoms with E-state index in [1.165, 1.54) is 0 Å². The van der Waals surface area contributed by atoms with Crippen LogP contribution in [0.15, 0.2) is 29.3 Å². The lowest BCUT2D eigenvalue weighted by Gasteiger charge is -2.21. The highest BCUT2D eigenvalue weighted by molar-refractivity contribution is 14.0. The molecule has 1 aromatic rings. The smallest absolute Gasteiger partial charge is 0.239 e. The van der Waals surface area contributed by atoms with Crippen LogP contribution in [0.5, 0.6) is 0 Å². The van der Waals surface area contributed by atoms with Crippen LogP contribution in [0.3, 0.4) is 0 Å². The molecule has 0 aliphatic heterocycles. The van der Waals surface area contributed by atoms with Crippen molar-refractivity contribution in [1.29, 1.82) is 0 Å². The van der Waals surface area contributed by atoms with Gasteiger partial charge in [-0.25, -0.2) is 0 Å². The molecule has 162 valence electrons. The lowest BCUT2D eigenvalue weighted by molar-refractivity contribution is -0.121. The number of carbonyl (C=O) groups is 2. The highest BCUT2D eigenvalue weighted by atomic mass is 127. The summed E-state index contributed by atoms with van der Waals surface area (Å²) in [6, 6.07) is 7.77. The van der Waals surface area contributed by atoms with Crippen LogP contribution < -0.4 is 21.3 Å². The van der Waals surface area contributed by atoms with Crippen LogP contribution in [0, 0.1) is 5.92 Å². The minimum atomic E-state index is -0.265. The fraction of sp³-hybridized carbons (Fsp3) is 0.571. The van der Waals surface area contributed by atoms with Crippen LogP contribution in [0.25, 0.3) is 0 Å². The number of rotatable bonds is 6. The van der Waals surface area contributed by atoms with Gasteiger partial charge in [-0.1, -0.05) is 25.0 Å². The molecule has 2 rings (SSSR count). The Labute approximate surface area is 190 Å². The maximum absolute atomic E-state index is 12.3. The van der Waals surface area contributed by atoms with Crippen molar-refractivity contribution < 1.29 is 9.59 Å². The summed E-state index contributed by atoms with van der Waals surface area (Å²) in [4.78, 5) is 28.3. The lowest BCUT2D eigenvalue weighted by Crippen LogP contribution is -2.48. The van der Waals surface area contributed by atoms with Gasteiger partial charge in [0, 0.05) is 30.7 Å². The van der Waals surface area contributed by atoms with E-state index in [-0.39, 0.29) is 53.8 Å². The fourth-order valence-corrected chi connectivity index (χ4v) is 3.22. The minimum Gasteiger partial charge on any atom is -0.352 e. The molecule has 0 unspecified atom stereocenters. The molecular weight excluding hydrogens is 481 g/mol. The summed E-state index contributed by atoms with van der Waals surface area (Å²) in [6.45, 7) is 6.51. The van der Waals surface area contributed by atoms with Gasteiger partial charge < -0.3 is 21.3 Å². The summed E-state index contributed by atoms with van der Waals surface area (Å²) < 4.78 is 0. The zero-order valence-electron chi connectivity index (χ0n) is 17.8. The Morgan fingerprint density at radius 2 is 1.83 bits per heavy atom. The summed E-state index contributed by atoms with van der Waals surface area (Å²) >= 11 is 0. The Hall–Kier alpha value is -1.84. The van der Waals surface area contributed by atoms with Gasteiger partial charge in [0.25, 0.3) is 0 Å². The number of nitrogens with one attached hydrogen (secondary N) is 4. The Morgan fingerprint density at radius 1 is 1.14 bits per heavy atom. The van der Waals surface area contributed by atoms with Gasteiger partial charge in [-0.3, -0.25) is 14.6 Å². The number of halogens is 1. The zero-order valence-corrected chi connectivity index (χ0v) is 20.1. The lowest BCUT2D eigenvalue weighted by atomic mass is 10.1. The van der Waals surface area contributed by atoms with E-state index in [1.807, 2.05) is 45.0 Å². The molecule has 2 amide bonds. The Morgan fingerprint density at radius 3 is 2.45 bits per heavy atom. The molecule has 7 nitrogen and oxygen atoms in total. The molecule has 4 N–H and O–H groups in total. The number of amides is 2. The van der Waals surface area contributed by atoms with Crippen molar-refractivity contribution in [3.63, 3.8) is 0 Å². The first kappa shape index (κ1) is 25.2. The maximum Gasteiger partial charge on any atom is 0.239 e. The SMILES string of the molecule is CN=C(NCC(=O)NC(C)(C)C)NCc1cccc(NC(=O)C2CCCC2)c1.I. The molecule has 0 spiro atoms. The number of carbonyl (C=O) groups excluding carboxylic acids is 2. The van der Waals surface area contributed by atoms with E-state index in [0.717, 1.165) is 36.9 Å². The molecule has 8 heteroatoms. The van der Waals surface area contributed by atoms with Gasteiger partial charge in [0.15, 0.2) is 5.96 Å². The van der Waals surface area contributed by atoms with Gasteiger partial charge in [0.05, 0.1) is 6.54 Å².